The van der Waals surface area contributed by atoms with Gasteiger partial charge in [-0.05, 0) is 51.6 Å². The van der Waals surface area contributed by atoms with Gasteiger partial charge in [-0.15, -0.1) is 0 Å². The predicted molar refractivity (Wildman–Crippen MR) is 71.6 cm³/mol. The smallest absolute Gasteiger partial charge is 0.325 e. The Morgan fingerprint density at radius 1 is 1.33 bits per heavy atom. The highest BCUT2D eigenvalue weighted by atomic mass is 16.4. The highest BCUT2D eigenvalue weighted by molar-refractivity contribution is 5.80. The van der Waals surface area contributed by atoms with Crippen molar-refractivity contribution >= 4 is 5.97 Å². The summed E-state index contributed by atoms with van der Waals surface area (Å²) >= 11 is 0. The molecule has 2 N–H and O–H groups in total. The molecule has 0 bridgehead atoms. The summed E-state index contributed by atoms with van der Waals surface area (Å²) in [6.07, 6.45) is 7.41. The zero-order valence-corrected chi connectivity index (χ0v) is 11.6. The van der Waals surface area contributed by atoms with E-state index >= 15 is 0 Å². The molecule has 1 unspecified atom stereocenters. The minimum absolute atomic E-state index is 0.311. The van der Waals surface area contributed by atoms with E-state index in [-0.39, 0.29) is 0 Å². The third-order valence-electron chi connectivity index (χ3n) is 4.67. The number of nitrogens with zero attached hydrogens (tertiary/aromatic N) is 1. The number of nitrogens with one attached hydrogen (secondary N) is 1. The summed E-state index contributed by atoms with van der Waals surface area (Å²) in [5.41, 5.74) is -0.729. The summed E-state index contributed by atoms with van der Waals surface area (Å²) in [5, 5.41) is 12.6. The van der Waals surface area contributed by atoms with Crippen molar-refractivity contribution in [2.24, 2.45) is 11.8 Å². The van der Waals surface area contributed by atoms with Crippen LogP contribution in [0.4, 0.5) is 0 Å². The first kappa shape index (κ1) is 13.8. The highest BCUT2D eigenvalue weighted by Gasteiger charge is 2.50. The van der Waals surface area contributed by atoms with Gasteiger partial charge >= 0.3 is 5.97 Å². The van der Waals surface area contributed by atoms with Gasteiger partial charge in [-0.25, -0.2) is 0 Å². The zero-order valence-electron chi connectivity index (χ0n) is 11.6. The molecule has 2 rings (SSSR count). The molecule has 0 saturated heterocycles. The SMILES string of the molecule is CNC(CN(C)CC1CCCC1)(C(=O)O)C1CC1. The van der Waals surface area contributed by atoms with Crippen LogP contribution >= 0.6 is 0 Å². The molecule has 2 saturated carbocycles. The van der Waals surface area contributed by atoms with E-state index in [2.05, 4.69) is 17.3 Å². The molecular formula is C14H26N2O2. The molecule has 2 aliphatic carbocycles. The van der Waals surface area contributed by atoms with Gasteiger partial charge in [-0.1, -0.05) is 12.8 Å². The van der Waals surface area contributed by atoms with Crippen molar-refractivity contribution in [1.29, 1.82) is 0 Å². The first-order valence-corrected chi connectivity index (χ1v) is 7.19. The van der Waals surface area contributed by atoms with Crippen molar-refractivity contribution < 1.29 is 9.90 Å². The fourth-order valence-electron chi connectivity index (χ4n) is 3.46. The van der Waals surface area contributed by atoms with Gasteiger partial charge in [0.25, 0.3) is 0 Å². The van der Waals surface area contributed by atoms with E-state index in [9.17, 15) is 9.90 Å². The highest BCUT2D eigenvalue weighted by Crippen LogP contribution is 2.40. The number of carbonyl (C=O) groups is 1. The minimum Gasteiger partial charge on any atom is -0.480 e. The fourth-order valence-corrected chi connectivity index (χ4v) is 3.46. The Morgan fingerprint density at radius 3 is 2.39 bits per heavy atom. The topological polar surface area (TPSA) is 52.6 Å². The van der Waals surface area contributed by atoms with Gasteiger partial charge in [0.05, 0.1) is 0 Å². The number of aliphatic carboxylic acids is 1. The maximum atomic E-state index is 11.6. The van der Waals surface area contributed by atoms with E-state index in [1.54, 1.807) is 7.05 Å². The van der Waals surface area contributed by atoms with E-state index in [1.165, 1.54) is 25.7 Å². The van der Waals surface area contributed by atoms with Crippen molar-refractivity contribution in [2.75, 3.05) is 27.2 Å². The molecule has 0 heterocycles. The largest absolute Gasteiger partial charge is 0.480 e. The second-order valence-electron chi connectivity index (χ2n) is 6.15. The molecule has 0 aromatic rings. The molecule has 1 atom stereocenters. The molecule has 0 aliphatic heterocycles. The monoisotopic (exact) mass is 254 g/mol. The third-order valence-corrected chi connectivity index (χ3v) is 4.67. The summed E-state index contributed by atoms with van der Waals surface area (Å²) in [5.74, 6) is 0.398. The summed E-state index contributed by atoms with van der Waals surface area (Å²) in [7, 11) is 3.85. The number of hydrogen-bond donors (Lipinski definition) is 2. The lowest BCUT2D eigenvalue weighted by Gasteiger charge is -2.34. The van der Waals surface area contributed by atoms with Crippen molar-refractivity contribution in [3.05, 3.63) is 0 Å². The second-order valence-corrected chi connectivity index (χ2v) is 6.15. The van der Waals surface area contributed by atoms with Crippen molar-refractivity contribution in [3.8, 4) is 0 Å². The summed E-state index contributed by atoms with van der Waals surface area (Å²) in [6.45, 7) is 1.67. The Bertz CT molecular complexity index is 298. The fraction of sp³-hybridized carbons (Fsp3) is 0.929. The molecule has 0 radical (unpaired) electrons. The molecule has 0 spiro atoms. The van der Waals surface area contributed by atoms with Crippen LogP contribution in [0.15, 0.2) is 0 Å². The Kier molecular flexibility index (Phi) is 4.28. The average Bonchev–Trinajstić information content (AvgIpc) is 3.06. The normalized spacial score (nSPS) is 24.4. The van der Waals surface area contributed by atoms with Crippen LogP contribution in [0.5, 0.6) is 0 Å². The standard InChI is InChI=1S/C14H26N2O2/c1-15-14(13(17)18,12-7-8-12)10-16(2)9-11-5-3-4-6-11/h11-12,15H,3-10H2,1-2H3,(H,17,18). The van der Waals surface area contributed by atoms with E-state index in [4.69, 9.17) is 0 Å². The van der Waals surface area contributed by atoms with E-state index in [0.29, 0.717) is 12.5 Å². The van der Waals surface area contributed by atoms with Crippen LogP contribution in [0.3, 0.4) is 0 Å². The van der Waals surface area contributed by atoms with Crippen LogP contribution in [0, 0.1) is 11.8 Å². The summed E-state index contributed by atoms with van der Waals surface area (Å²) in [4.78, 5) is 13.8. The van der Waals surface area contributed by atoms with Crippen LogP contribution in [0.25, 0.3) is 0 Å². The lowest BCUT2D eigenvalue weighted by Crippen LogP contribution is -2.59. The Hall–Kier alpha value is -0.610. The van der Waals surface area contributed by atoms with Gasteiger partial charge in [0.15, 0.2) is 0 Å². The predicted octanol–water partition coefficient (Wildman–Crippen LogP) is 1.56. The lowest BCUT2D eigenvalue weighted by atomic mass is 9.92. The van der Waals surface area contributed by atoms with Gasteiger partial charge in [0.2, 0.25) is 0 Å². The van der Waals surface area contributed by atoms with Gasteiger partial charge in [0, 0.05) is 13.1 Å². The van der Waals surface area contributed by atoms with Crippen molar-refractivity contribution in [2.45, 2.75) is 44.1 Å². The van der Waals surface area contributed by atoms with Gasteiger partial charge < -0.3 is 15.3 Å². The van der Waals surface area contributed by atoms with Crippen LogP contribution < -0.4 is 5.32 Å². The van der Waals surface area contributed by atoms with Crippen LogP contribution in [-0.2, 0) is 4.79 Å². The quantitative estimate of drug-likeness (QED) is 0.724. The Morgan fingerprint density at radius 2 is 1.94 bits per heavy atom. The lowest BCUT2D eigenvalue weighted by molar-refractivity contribution is -0.146. The Balaban J connectivity index is 1.93. The van der Waals surface area contributed by atoms with Crippen molar-refractivity contribution in [1.82, 2.24) is 10.2 Å². The maximum absolute atomic E-state index is 11.6. The molecule has 2 fully saturated rings. The molecule has 2 aliphatic rings. The molecule has 104 valence electrons. The summed E-state index contributed by atoms with van der Waals surface area (Å²) in [6, 6.07) is 0. The van der Waals surface area contributed by atoms with E-state index in [1.807, 2.05) is 0 Å². The molecule has 0 aromatic heterocycles. The Labute approximate surface area is 110 Å². The number of carboxylic acids is 1. The molecule has 4 nitrogen and oxygen atoms in total. The number of likely N-dealkylation sites (N-methyl/N-ethyl adjacent to an activating group) is 2. The first-order chi connectivity index (χ1) is 8.58. The van der Waals surface area contributed by atoms with Gasteiger partial charge in [-0.3, -0.25) is 4.79 Å². The number of carboxylic acid groups (broad SMARTS) is 1. The molecule has 0 aromatic carbocycles. The number of rotatable bonds is 7. The van der Waals surface area contributed by atoms with Crippen molar-refractivity contribution in [3.63, 3.8) is 0 Å². The van der Waals surface area contributed by atoms with Crippen LogP contribution in [0.2, 0.25) is 0 Å². The summed E-state index contributed by atoms with van der Waals surface area (Å²) < 4.78 is 0. The molecule has 0 amide bonds. The average molecular weight is 254 g/mol. The molecule has 18 heavy (non-hydrogen) atoms. The zero-order chi connectivity index (χ0) is 13.2. The van der Waals surface area contributed by atoms with Crippen LogP contribution in [-0.4, -0.2) is 48.7 Å². The third kappa shape index (κ3) is 2.86. The molecule has 4 heteroatoms. The van der Waals surface area contributed by atoms with E-state index < -0.39 is 11.5 Å². The number of hydrogen-bond acceptors (Lipinski definition) is 3. The minimum atomic E-state index is -0.729. The van der Waals surface area contributed by atoms with E-state index in [0.717, 1.165) is 25.3 Å². The van der Waals surface area contributed by atoms with Gasteiger partial charge in [0.1, 0.15) is 5.54 Å². The van der Waals surface area contributed by atoms with Gasteiger partial charge in [-0.2, -0.15) is 0 Å². The first-order valence-electron chi connectivity index (χ1n) is 7.19. The molecular weight excluding hydrogens is 228 g/mol. The second kappa shape index (κ2) is 5.57. The maximum Gasteiger partial charge on any atom is 0.325 e. The van der Waals surface area contributed by atoms with Crippen LogP contribution in [0.1, 0.15) is 38.5 Å².